The zero-order valence-electron chi connectivity index (χ0n) is 25.8. The number of halogens is 2. The first-order valence-corrected chi connectivity index (χ1v) is 16.3. The van der Waals surface area contributed by atoms with Crippen molar-refractivity contribution < 1.29 is 23.1 Å². The third-order valence-corrected chi connectivity index (χ3v) is 9.94. The molecule has 2 aliphatic rings. The minimum atomic E-state index is -1.26. The van der Waals surface area contributed by atoms with Gasteiger partial charge in [-0.05, 0) is 73.5 Å². The maximum absolute atomic E-state index is 15.3. The van der Waals surface area contributed by atoms with E-state index in [0.717, 1.165) is 53.4 Å². The van der Waals surface area contributed by atoms with Gasteiger partial charge in [0.15, 0.2) is 11.6 Å². The van der Waals surface area contributed by atoms with E-state index in [4.69, 9.17) is 4.74 Å². The lowest BCUT2D eigenvalue weighted by Gasteiger charge is -2.32. The van der Waals surface area contributed by atoms with Crippen LogP contribution in [0.4, 0.5) is 20.2 Å². The number of aromatic nitrogens is 1. The van der Waals surface area contributed by atoms with Crippen LogP contribution in [0, 0.1) is 17.0 Å². The van der Waals surface area contributed by atoms with Gasteiger partial charge in [0.25, 0.3) is 0 Å². The van der Waals surface area contributed by atoms with Crippen LogP contribution >= 0.6 is 11.3 Å². The quantitative estimate of drug-likeness (QED) is 0.165. The molecule has 0 spiro atoms. The first-order chi connectivity index (χ1) is 22.8. The number of hydrogen-bond acceptors (Lipinski definition) is 7. The lowest BCUT2D eigenvalue weighted by atomic mass is 10.0. The first kappa shape index (κ1) is 30.9. The minimum Gasteiger partial charge on any atom is -0.453 e. The second-order valence-electron chi connectivity index (χ2n) is 12.2. The highest BCUT2D eigenvalue weighted by Gasteiger charge is 2.56. The number of nitrogens with zero attached hydrogens (tertiary/aromatic N) is 3. The van der Waals surface area contributed by atoms with E-state index < -0.39 is 28.9 Å². The average molecular weight is 654 g/mol. The first-order valence-electron chi connectivity index (χ1n) is 15.5. The number of piperazine rings is 1. The largest absolute Gasteiger partial charge is 0.453 e. The molecule has 1 saturated carbocycles. The molecule has 47 heavy (non-hydrogen) atoms. The second-order valence-corrected chi connectivity index (χ2v) is 13.2. The average Bonchev–Trinajstić information content (AvgIpc) is 3.78. The Balaban J connectivity index is 1.01. The van der Waals surface area contributed by atoms with Gasteiger partial charge >= 0.3 is 0 Å². The van der Waals surface area contributed by atoms with Crippen molar-refractivity contribution in [1.29, 1.82) is 0 Å². The van der Waals surface area contributed by atoms with Crippen LogP contribution in [-0.2, 0) is 16.1 Å². The lowest BCUT2D eigenvalue weighted by molar-refractivity contribution is -0.131. The van der Waals surface area contributed by atoms with Crippen molar-refractivity contribution in [3.05, 3.63) is 102 Å². The molecule has 0 bridgehead atoms. The monoisotopic (exact) mass is 653 g/mol. The van der Waals surface area contributed by atoms with Gasteiger partial charge in [-0.15, -0.1) is 11.3 Å². The molecule has 240 valence electrons. The number of carbonyl (C=O) groups excluding carboxylic acids is 2. The van der Waals surface area contributed by atoms with Crippen molar-refractivity contribution in [2.75, 3.05) is 43.9 Å². The molecule has 2 fully saturated rings. The molecule has 2 amide bonds. The van der Waals surface area contributed by atoms with Gasteiger partial charge < -0.3 is 20.3 Å². The number of ether oxygens (including phenoxy) is 1. The Morgan fingerprint density at radius 3 is 2.21 bits per heavy atom. The molecule has 0 unspecified atom stereocenters. The van der Waals surface area contributed by atoms with Gasteiger partial charge in [-0.2, -0.15) is 0 Å². The molecule has 0 radical (unpaired) electrons. The lowest BCUT2D eigenvalue weighted by Crippen LogP contribution is -2.43. The number of anilines is 2. The molecule has 11 heteroatoms. The van der Waals surface area contributed by atoms with Crippen molar-refractivity contribution in [3.63, 3.8) is 0 Å². The number of hydrogen-bond donors (Lipinski definition) is 2. The molecule has 1 aliphatic carbocycles. The van der Waals surface area contributed by atoms with Crippen LogP contribution in [0.2, 0.25) is 0 Å². The summed E-state index contributed by atoms with van der Waals surface area (Å²) in [6.07, 6.45) is 2.35. The highest BCUT2D eigenvalue weighted by Crippen LogP contribution is 2.48. The van der Waals surface area contributed by atoms with Crippen LogP contribution in [-0.4, -0.2) is 59.8 Å². The molecular weight excluding hydrogens is 620 g/mol. The third-order valence-electron chi connectivity index (χ3n) is 8.75. The molecule has 3 aromatic carbocycles. The Morgan fingerprint density at radius 2 is 1.53 bits per heavy atom. The highest BCUT2D eigenvalue weighted by atomic mass is 32.1. The van der Waals surface area contributed by atoms with Gasteiger partial charge in [-0.25, -0.2) is 8.78 Å². The standard InChI is InChI=1S/C36H33F2N5O3S/c1-42-16-18-43(19-17-42)22-23-2-4-24(5-3-23)32-21-29-33(47-32)31(12-15-39-29)46-30-11-10-27(20-28(30)38)41-35(45)36(13-14-36)34(44)40-26-8-6-25(37)7-9-26/h2-12,15,20-21H,13-14,16-19,22H2,1H3,(H,40,44)(H,41,45). The second kappa shape index (κ2) is 12.8. The number of pyridine rings is 1. The summed E-state index contributed by atoms with van der Waals surface area (Å²) in [4.78, 5) is 36.3. The van der Waals surface area contributed by atoms with Gasteiger partial charge in [0, 0.05) is 67.3 Å². The van der Waals surface area contributed by atoms with Crippen molar-refractivity contribution in [1.82, 2.24) is 14.8 Å². The summed E-state index contributed by atoms with van der Waals surface area (Å²) < 4.78 is 35.3. The van der Waals surface area contributed by atoms with E-state index in [1.165, 1.54) is 59.4 Å². The summed E-state index contributed by atoms with van der Waals surface area (Å²) in [6, 6.07) is 21.8. The molecule has 5 aromatic rings. The number of rotatable bonds is 9. The maximum atomic E-state index is 15.3. The Bertz CT molecular complexity index is 1940. The number of amides is 2. The minimum absolute atomic E-state index is 0.00565. The predicted molar refractivity (Wildman–Crippen MR) is 180 cm³/mol. The molecule has 2 N–H and O–H groups in total. The van der Waals surface area contributed by atoms with E-state index >= 15 is 4.39 Å². The SMILES string of the molecule is CN1CCN(Cc2ccc(-c3cc4nccc(Oc5ccc(NC(=O)C6(C(=O)Nc7ccc(F)cc7)CC6)cc5F)c4s3)cc2)CC1. The maximum Gasteiger partial charge on any atom is 0.240 e. The van der Waals surface area contributed by atoms with Crippen molar-refractivity contribution in [2.24, 2.45) is 5.41 Å². The summed E-state index contributed by atoms with van der Waals surface area (Å²) in [6.45, 7) is 5.25. The summed E-state index contributed by atoms with van der Waals surface area (Å²) >= 11 is 1.53. The van der Waals surface area contributed by atoms with Gasteiger partial charge in [0.05, 0.1) is 10.2 Å². The van der Waals surface area contributed by atoms with Gasteiger partial charge in [-0.3, -0.25) is 19.5 Å². The van der Waals surface area contributed by atoms with Gasteiger partial charge in [0.1, 0.15) is 17.0 Å². The fraction of sp³-hybridized carbons (Fsp3) is 0.250. The zero-order chi connectivity index (χ0) is 32.5. The van der Waals surface area contributed by atoms with Crippen LogP contribution in [0.15, 0.2) is 85.1 Å². The molecule has 7 rings (SSSR count). The van der Waals surface area contributed by atoms with Crippen molar-refractivity contribution >= 4 is 44.7 Å². The van der Waals surface area contributed by atoms with Gasteiger partial charge in [0.2, 0.25) is 11.8 Å². The Labute approximate surface area is 275 Å². The van der Waals surface area contributed by atoms with E-state index in [1.807, 2.05) is 6.07 Å². The topological polar surface area (TPSA) is 86.8 Å². The Morgan fingerprint density at radius 1 is 0.851 bits per heavy atom. The van der Waals surface area contributed by atoms with Crippen LogP contribution in [0.3, 0.4) is 0 Å². The Kier molecular flexibility index (Phi) is 8.44. The van der Waals surface area contributed by atoms with E-state index in [9.17, 15) is 14.0 Å². The predicted octanol–water partition coefficient (Wildman–Crippen LogP) is 7.14. The fourth-order valence-corrected chi connectivity index (χ4v) is 6.74. The number of nitrogens with one attached hydrogen (secondary N) is 2. The molecule has 0 atom stereocenters. The molecule has 1 aliphatic heterocycles. The molecule has 3 heterocycles. The van der Waals surface area contributed by atoms with Crippen molar-refractivity contribution in [3.8, 4) is 21.9 Å². The van der Waals surface area contributed by atoms with E-state index in [0.29, 0.717) is 24.3 Å². The van der Waals surface area contributed by atoms with Crippen molar-refractivity contribution in [2.45, 2.75) is 19.4 Å². The zero-order valence-corrected chi connectivity index (χ0v) is 26.6. The number of benzene rings is 3. The highest BCUT2D eigenvalue weighted by molar-refractivity contribution is 7.22. The van der Waals surface area contributed by atoms with E-state index in [2.05, 4.69) is 56.7 Å². The number of carbonyl (C=O) groups is 2. The number of likely N-dealkylation sites (N-methyl/N-ethyl adjacent to an activating group) is 1. The van der Waals surface area contributed by atoms with Crippen LogP contribution in [0.25, 0.3) is 20.7 Å². The summed E-state index contributed by atoms with van der Waals surface area (Å²) in [7, 11) is 2.16. The van der Waals surface area contributed by atoms with E-state index in [-0.39, 0.29) is 11.4 Å². The third kappa shape index (κ3) is 6.73. The molecule has 8 nitrogen and oxygen atoms in total. The summed E-state index contributed by atoms with van der Waals surface area (Å²) in [5, 5.41) is 5.33. The van der Waals surface area contributed by atoms with Crippen LogP contribution in [0.1, 0.15) is 18.4 Å². The smallest absolute Gasteiger partial charge is 0.240 e. The van der Waals surface area contributed by atoms with Crippen LogP contribution in [0.5, 0.6) is 11.5 Å². The molecular formula is C36H33F2N5O3S. The number of fused-ring (bicyclic) bond motifs is 1. The Hall–Kier alpha value is -4.71. The summed E-state index contributed by atoms with van der Waals surface area (Å²) in [5.74, 6) is -1.64. The van der Waals surface area contributed by atoms with Gasteiger partial charge in [-0.1, -0.05) is 24.3 Å². The normalized spacial score (nSPS) is 16.1. The molecule has 1 saturated heterocycles. The van der Waals surface area contributed by atoms with Crippen LogP contribution < -0.4 is 15.4 Å². The number of thiophene rings is 1. The van der Waals surface area contributed by atoms with E-state index in [1.54, 1.807) is 12.3 Å². The summed E-state index contributed by atoms with van der Waals surface area (Å²) in [5.41, 5.74) is 2.44. The molecule has 2 aromatic heterocycles. The fourth-order valence-electron chi connectivity index (χ4n) is 5.67.